The predicted octanol–water partition coefficient (Wildman–Crippen LogP) is 2.32. The van der Waals surface area contributed by atoms with Crippen molar-refractivity contribution in [1.29, 1.82) is 0 Å². The van der Waals surface area contributed by atoms with Gasteiger partial charge in [-0.25, -0.2) is 13.9 Å². The summed E-state index contributed by atoms with van der Waals surface area (Å²) in [5, 5.41) is 13.2. The second kappa shape index (κ2) is 8.60. The predicted molar refractivity (Wildman–Crippen MR) is 109 cm³/mol. The molecule has 1 aliphatic heterocycles. The Labute approximate surface area is 173 Å². The van der Waals surface area contributed by atoms with Crippen LogP contribution in [0.5, 0.6) is 0 Å². The summed E-state index contributed by atoms with van der Waals surface area (Å²) in [6, 6.07) is 10.1. The van der Waals surface area contributed by atoms with Crippen LogP contribution in [0.15, 0.2) is 55.0 Å². The Morgan fingerprint density at radius 2 is 2.20 bits per heavy atom. The van der Waals surface area contributed by atoms with E-state index in [2.05, 4.69) is 10.1 Å². The van der Waals surface area contributed by atoms with Gasteiger partial charge in [0.1, 0.15) is 11.8 Å². The molecule has 0 radical (unpaired) electrons. The highest BCUT2D eigenvalue weighted by Gasteiger charge is 2.33. The van der Waals surface area contributed by atoms with Crippen molar-refractivity contribution in [3.05, 3.63) is 60.8 Å². The fourth-order valence-electron chi connectivity index (χ4n) is 3.41. The maximum absolute atomic E-state index is 14.8. The third kappa shape index (κ3) is 4.17. The Bertz CT molecular complexity index is 1030. The van der Waals surface area contributed by atoms with Crippen LogP contribution >= 0.6 is 0 Å². The molecular formula is C21H22FN5O3. The van der Waals surface area contributed by atoms with E-state index >= 15 is 0 Å². The Morgan fingerprint density at radius 1 is 1.33 bits per heavy atom. The summed E-state index contributed by atoms with van der Waals surface area (Å²) in [5.74, 6) is -0.503. The number of nitrogens with zero attached hydrogens (tertiary/aromatic N) is 5. The maximum atomic E-state index is 14.8. The molecule has 156 valence electrons. The minimum atomic E-state index is -0.513. The summed E-state index contributed by atoms with van der Waals surface area (Å²) < 4.78 is 21.7. The highest BCUT2D eigenvalue weighted by Crippen LogP contribution is 2.26. The number of amides is 1. The van der Waals surface area contributed by atoms with Gasteiger partial charge in [0.05, 0.1) is 30.7 Å². The molecule has 1 aromatic carbocycles. The molecule has 1 saturated heterocycles. The third-order valence-electron chi connectivity index (χ3n) is 4.90. The Morgan fingerprint density at radius 3 is 2.93 bits per heavy atom. The molecule has 0 bridgehead atoms. The lowest BCUT2D eigenvalue weighted by molar-refractivity contribution is 0.110. The molecule has 1 aliphatic rings. The highest BCUT2D eigenvalue weighted by atomic mass is 19.1. The lowest BCUT2D eigenvalue weighted by atomic mass is 10.2. The number of aliphatic hydroxyl groups excluding tert-OH is 1. The number of hydrogen-bond acceptors (Lipinski definition) is 6. The lowest BCUT2D eigenvalue weighted by Gasteiger charge is -2.18. The van der Waals surface area contributed by atoms with Crippen molar-refractivity contribution in [1.82, 2.24) is 19.7 Å². The van der Waals surface area contributed by atoms with Crippen LogP contribution in [-0.4, -0.2) is 70.3 Å². The molecule has 9 heteroatoms. The van der Waals surface area contributed by atoms with E-state index in [1.807, 2.05) is 30.1 Å². The van der Waals surface area contributed by atoms with Crippen LogP contribution in [0.3, 0.4) is 0 Å². The third-order valence-corrected chi connectivity index (χ3v) is 4.90. The van der Waals surface area contributed by atoms with Gasteiger partial charge in [-0.15, -0.1) is 0 Å². The summed E-state index contributed by atoms with van der Waals surface area (Å²) in [6.07, 6.45) is 4.16. The number of carbonyl (C=O) groups is 1. The number of rotatable bonds is 7. The van der Waals surface area contributed by atoms with E-state index in [9.17, 15) is 9.18 Å². The minimum absolute atomic E-state index is 0.0308. The second-order valence-corrected chi connectivity index (χ2v) is 7.13. The normalized spacial score (nSPS) is 16.3. The molecule has 0 spiro atoms. The van der Waals surface area contributed by atoms with Crippen molar-refractivity contribution in [2.24, 2.45) is 0 Å². The largest absolute Gasteiger partial charge is 0.443 e. The van der Waals surface area contributed by atoms with Gasteiger partial charge >= 0.3 is 6.09 Å². The molecule has 0 unspecified atom stereocenters. The molecule has 0 saturated carbocycles. The van der Waals surface area contributed by atoms with Crippen molar-refractivity contribution in [2.75, 3.05) is 38.2 Å². The fraction of sp³-hybridized carbons (Fsp3) is 0.286. The molecule has 2 aromatic heterocycles. The summed E-state index contributed by atoms with van der Waals surface area (Å²) in [7, 11) is 1.84. The van der Waals surface area contributed by atoms with E-state index < -0.39 is 11.9 Å². The minimum Gasteiger partial charge on any atom is -0.443 e. The number of aromatic nitrogens is 3. The molecular weight excluding hydrogens is 389 g/mol. The number of ether oxygens (including phenoxy) is 1. The number of carbonyl (C=O) groups excluding carboxylic acids is 1. The van der Waals surface area contributed by atoms with Crippen molar-refractivity contribution >= 4 is 11.8 Å². The molecule has 1 N–H and O–H groups in total. The number of anilines is 1. The fourth-order valence-corrected chi connectivity index (χ4v) is 3.41. The zero-order valence-electron chi connectivity index (χ0n) is 16.5. The quantitative estimate of drug-likeness (QED) is 0.643. The average Bonchev–Trinajstić information content (AvgIpc) is 3.36. The van der Waals surface area contributed by atoms with Crippen molar-refractivity contribution in [3.8, 4) is 16.9 Å². The van der Waals surface area contributed by atoms with Crippen LogP contribution in [0.2, 0.25) is 0 Å². The molecule has 4 rings (SSSR count). The second-order valence-electron chi connectivity index (χ2n) is 7.13. The molecule has 8 nitrogen and oxygen atoms in total. The number of benzene rings is 1. The van der Waals surface area contributed by atoms with E-state index in [-0.39, 0.29) is 18.4 Å². The van der Waals surface area contributed by atoms with Gasteiger partial charge in [0.2, 0.25) is 0 Å². The van der Waals surface area contributed by atoms with Gasteiger partial charge < -0.3 is 14.7 Å². The average molecular weight is 411 g/mol. The molecule has 1 amide bonds. The van der Waals surface area contributed by atoms with Crippen LogP contribution in [0.1, 0.15) is 0 Å². The van der Waals surface area contributed by atoms with Gasteiger partial charge in [-0.2, -0.15) is 5.10 Å². The molecule has 30 heavy (non-hydrogen) atoms. The van der Waals surface area contributed by atoms with Gasteiger partial charge in [-0.05, 0) is 37.4 Å². The topological polar surface area (TPSA) is 83.7 Å². The van der Waals surface area contributed by atoms with E-state index in [0.717, 1.165) is 11.3 Å². The van der Waals surface area contributed by atoms with Gasteiger partial charge in [0.25, 0.3) is 0 Å². The van der Waals surface area contributed by atoms with Gasteiger partial charge in [-0.1, -0.05) is 6.07 Å². The summed E-state index contributed by atoms with van der Waals surface area (Å²) in [5.41, 5.74) is 2.22. The smallest absolute Gasteiger partial charge is 0.414 e. The van der Waals surface area contributed by atoms with Crippen molar-refractivity contribution in [2.45, 2.75) is 6.10 Å². The molecule has 3 aromatic rings. The first-order valence-corrected chi connectivity index (χ1v) is 9.58. The standard InChI is InChI=1S/C21H22FN5O3/c1-25(8-9-28)13-17-14-26(21(29)30-17)16-5-6-20(18(22)10-16)27-12-15(11-24-27)19-4-2-3-7-23-19/h2-7,10-12,17,28H,8-9,13-14H2,1H3/t17-/m0/s1. The highest BCUT2D eigenvalue weighted by molar-refractivity contribution is 5.89. The molecule has 3 heterocycles. The summed E-state index contributed by atoms with van der Waals surface area (Å²) in [6.45, 7) is 1.33. The summed E-state index contributed by atoms with van der Waals surface area (Å²) >= 11 is 0. The number of aliphatic hydroxyl groups is 1. The number of halogens is 1. The number of likely N-dealkylation sites (N-methyl/N-ethyl adjacent to an activating group) is 1. The van der Waals surface area contributed by atoms with Gasteiger partial charge in [-0.3, -0.25) is 9.88 Å². The van der Waals surface area contributed by atoms with Gasteiger partial charge in [0.15, 0.2) is 5.82 Å². The van der Waals surface area contributed by atoms with Gasteiger partial charge in [0, 0.05) is 31.0 Å². The van der Waals surface area contributed by atoms with Crippen LogP contribution in [-0.2, 0) is 4.74 Å². The van der Waals surface area contributed by atoms with Crippen LogP contribution in [0.25, 0.3) is 16.9 Å². The zero-order valence-corrected chi connectivity index (χ0v) is 16.5. The number of hydrogen-bond donors (Lipinski definition) is 1. The SMILES string of the molecule is CN(CCO)C[C@H]1CN(c2ccc(-n3cc(-c4ccccn4)cn3)c(F)c2)C(=O)O1. The molecule has 1 atom stereocenters. The molecule has 0 aliphatic carbocycles. The van der Waals surface area contributed by atoms with E-state index in [1.54, 1.807) is 30.7 Å². The maximum Gasteiger partial charge on any atom is 0.414 e. The number of pyridine rings is 1. The zero-order chi connectivity index (χ0) is 21.1. The van der Waals surface area contributed by atoms with E-state index in [1.165, 1.54) is 15.6 Å². The Balaban J connectivity index is 1.50. The van der Waals surface area contributed by atoms with E-state index in [4.69, 9.17) is 9.84 Å². The lowest BCUT2D eigenvalue weighted by Crippen LogP contribution is -2.34. The Kier molecular flexibility index (Phi) is 5.73. The summed E-state index contributed by atoms with van der Waals surface area (Å²) in [4.78, 5) is 19.8. The van der Waals surface area contributed by atoms with Crippen LogP contribution in [0.4, 0.5) is 14.9 Å². The monoisotopic (exact) mass is 411 g/mol. The molecule has 1 fully saturated rings. The van der Waals surface area contributed by atoms with Crippen molar-refractivity contribution in [3.63, 3.8) is 0 Å². The van der Waals surface area contributed by atoms with Crippen LogP contribution < -0.4 is 4.90 Å². The van der Waals surface area contributed by atoms with Crippen molar-refractivity contribution < 1.29 is 19.0 Å². The van der Waals surface area contributed by atoms with Crippen LogP contribution in [0, 0.1) is 5.82 Å². The first-order valence-electron chi connectivity index (χ1n) is 9.58. The van der Waals surface area contributed by atoms with E-state index in [0.29, 0.717) is 25.3 Å². The number of cyclic esters (lactones) is 1. The first-order chi connectivity index (χ1) is 14.5. The Hall–Kier alpha value is -3.30. The first kappa shape index (κ1) is 20.0.